The zero-order valence-electron chi connectivity index (χ0n) is 15.1. The maximum absolute atomic E-state index is 12.8. The number of anilines is 1. The van der Waals surface area contributed by atoms with Crippen LogP contribution in [0.15, 0.2) is 65.7 Å². The summed E-state index contributed by atoms with van der Waals surface area (Å²) < 4.78 is 26.6. The van der Waals surface area contributed by atoms with E-state index >= 15 is 0 Å². The first-order valence-electron chi connectivity index (χ1n) is 8.77. The van der Waals surface area contributed by atoms with Gasteiger partial charge in [-0.3, -0.25) is 9.59 Å². The van der Waals surface area contributed by atoms with Crippen molar-refractivity contribution in [2.45, 2.75) is 11.3 Å². The highest BCUT2D eigenvalue weighted by Gasteiger charge is 2.30. The van der Waals surface area contributed by atoms with Gasteiger partial charge in [0.15, 0.2) is 0 Å². The van der Waals surface area contributed by atoms with Crippen LogP contribution in [-0.4, -0.2) is 30.7 Å². The number of nitrogens with zero attached hydrogens (tertiary/aromatic N) is 1. The highest BCUT2D eigenvalue weighted by atomic mass is 35.5. The summed E-state index contributed by atoms with van der Waals surface area (Å²) in [6, 6.07) is 14.4. The molecule has 0 bridgehead atoms. The fourth-order valence-electron chi connectivity index (χ4n) is 3.15. The molecule has 7 nitrogen and oxygen atoms in total. The van der Waals surface area contributed by atoms with Crippen LogP contribution in [0, 0.1) is 0 Å². The molecule has 0 saturated carbocycles. The minimum atomic E-state index is -3.94. The predicted octanol–water partition coefficient (Wildman–Crippen LogP) is 2.92. The normalized spacial score (nSPS) is 14.3. The second-order valence-electron chi connectivity index (χ2n) is 6.50. The Morgan fingerprint density at radius 2 is 1.93 bits per heavy atom. The van der Waals surface area contributed by atoms with Gasteiger partial charge in [0.1, 0.15) is 10.6 Å². The second-order valence-corrected chi connectivity index (χ2v) is 8.71. The summed E-state index contributed by atoms with van der Waals surface area (Å²) in [6.45, 7) is 0.381. The molecule has 9 heteroatoms. The first-order valence-corrected chi connectivity index (χ1v) is 10.6. The van der Waals surface area contributed by atoms with Crippen LogP contribution in [0.2, 0.25) is 5.02 Å². The molecule has 4 rings (SSSR count). The predicted molar refractivity (Wildman–Crippen MR) is 109 cm³/mol. The van der Waals surface area contributed by atoms with Crippen LogP contribution >= 0.6 is 11.6 Å². The molecule has 29 heavy (non-hydrogen) atoms. The average Bonchev–Trinajstić information content (AvgIpc) is 3.16. The highest BCUT2D eigenvalue weighted by molar-refractivity contribution is 7.90. The Labute approximate surface area is 172 Å². The summed E-state index contributed by atoms with van der Waals surface area (Å²) in [4.78, 5) is 24.8. The van der Waals surface area contributed by atoms with E-state index in [2.05, 4.69) is 10.6 Å². The van der Waals surface area contributed by atoms with Crippen LogP contribution in [0.25, 0.3) is 0 Å². The van der Waals surface area contributed by atoms with Gasteiger partial charge in [-0.05, 0) is 54.4 Å². The standard InChI is InChI=1S/C20H16ClN3O4S/c21-15-4-1-3-13(11-15)8-9-22-19(25)14-6-7-18-16(12-14)23-20(26)17-5-2-10-24(17)29(18,27)28/h1-7,10-12H,8-9H2,(H,22,25)(H,23,26). The lowest BCUT2D eigenvalue weighted by Gasteiger charge is -2.10. The van der Waals surface area contributed by atoms with E-state index in [0.717, 1.165) is 9.54 Å². The Balaban J connectivity index is 1.54. The molecule has 2 N–H and O–H groups in total. The first-order chi connectivity index (χ1) is 13.9. The lowest BCUT2D eigenvalue weighted by molar-refractivity contribution is 0.0952. The smallest absolute Gasteiger partial charge is 0.273 e. The van der Waals surface area contributed by atoms with E-state index in [0.29, 0.717) is 18.0 Å². The number of carbonyl (C=O) groups excluding carboxylic acids is 2. The van der Waals surface area contributed by atoms with Gasteiger partial charge in [-0.25, -0.2) is 12.4 Å². The van der Waals surface area contributed by atoms with Gasteiger partial charge in [-0.2, -0.15) is 0 Å². The Morgan fingerprint density at radius 1 is 1.10 bits per heavy atom. The third-order valence-electron chi connectivity index (χ3n) is 4.56. The van der Waals surface area contributed by atoms with Crippen LogP contribution in [0.4, 0.5) is 5.69 Å². The van der Waals surface area contributed by atoms with Crippen molar-refractivity contribution in [2.75, 3.05) is 11.9 Å². The molecule has 0 spiro atoms. The summed E-state index contributed by atoms with van der Waals surface area (Å²) in [5.74, 6) is -0.929. The van der Waals surface area contributed by atoms with Crippen molar-refractivity contribution >= 4 is 39.1 Å². The number of halogens is 1. The van der Waals surface area contributed by atoms with Gasteiger partial charge in [0.05, 0.1) is 5.69 Å². The molecule has 1 aliphatic rings. The van der Waals surface area contributed by atoms with Crippen molar-refractivity contribution in [1.29, 1.82) is 0 Å². The highest BCUT2D eigenvalue weighted by Crippen LogP contribution is 2.29. The van der Waals surface area contributed by atoms with Gasteiger partial charge < -0.3 is 10.6 Å². The number of hydrogen-bond donors (Lipinski definition) is 2. The maximum Gasteiger partial charge on any atom is 0.273 e. The van der Waals surface area contributed by atoms with Gasteiger partial charge in [-0.1, -0.05) is 23.7 Å². The lowest BCUT2D eigenvalue weighted by atomic mass is 10.1. The molecule has 0 atom stereocenters. The SMILES string of the molecule is O=C(NCCc1cccc(Cl)c1)c1ccc2c(c1)NC(=O)c1cccn1S2(=O)=O. The average molecular weight is 430 g/mol. The van der Waals surface area contributed by atoms with Gasteiger partial charge in [0.25, 0.3) is 21.8 Å². The number of fused-ring (bicyclic) bond motifs is 2. The molecule has 0 aliphatic carbocycles. The second kappa shape index (κ2) is 7.38. The summed E-state index contributed by atoms with van der Waals surface area (Å²) in [5, 5.41) is 5.98. The molecular formula is C20H16ClN3O4S. The third-order valence-corrected chi connectivity index (χ3v) is 6.54. The Bertz CT molecular complexity index is 1230. The Hall–Kier alpha value is -3.10. The van der Waals surface area contributed by atoms with Crippen molar-refractivity contribution < 1.29 is 18.0 Å². The van der Waals surface area contributed by atoms with Gasteiger partial charge in [0, 0.05) is 23.3 Å². The number of benzene rings is 2. The molecule has 148 valence electrons. The molecule has 2 aromatic carbocycles. The number of rotatable bonds is 4. The molecule has 2 heterocycles. The Kier molecular flexibility index (Phi) is 4.89. The molecule has 0 fully saturated rings. The molecule has 1 aliphatic heterocycles. The van der Waals surface area contributed by atoms with Gasteiger partial charge in [0.2, 0.25) is 0 Å². The van der Waals surface area contributed by atoms with Gasteiger partial charge in [-0.15, -0.1) is 0 Å². The van der Waals surface area contributed by atoms with Crippen molar-refractivity contribution in [3.8, 4) is 0 Å². The first kappa shape index (κ1) is 19.2. The van der Waals surface area contributed by atoms with Crippen molar-refractivity contribution in [2.24, 2.45) is 0 Å². The van der Waals surface area contributed by atoms with E-state index in [-0.39, 0.29) is 27.7 Å². The number of nitrogens with one attached hydrogen (secondary N) is 2. The molecule has 3 aromatic rings. The maximum atomic E-state index is 12.8. The summed E-state index contributed by atoms with van der Waals surface area (Å²) in [5.41, 5.74) is 1.31. The van der Waals surface area contributed by atoms with Crippen molar-refractivity contribution in [1.82, 2.24) is 9.29 Å². The van der Waals surface area contributed by atoms with E-state index < -0.39 is 15.9 Å². The molecule has 0 radical (unpaired) electrons. The summed E-state index contributed by atoms with van der Waals surface area (Å²) in [7, 11) is -3.94. The zero-order chi connectivity index (χ0) is 20.6. The fraction of sp³-hybridized carbons (Fsp3) is 0.100. The number of aromatic nitrogens is 1. The van der Waals surface area contributed by atoms with Gasteiger partial charge >= 0.3 is 0 Å². The van der Waals surface area contributed by atoms with Crippen molar-refractivity contribution in [3.05, 3.63) is 82.6 Å². The topological polar surface area (TPSA) is 97.3 Å². The lowest BCUT2D eigenvalue weighted by Crippen LogP contribution is -2.26. The minimum Gasteiger partial charge on any atom is -0.352 e. The van der Waals surface area contributed by atoms with Crippen LogP contribution in [-0.2, 0) is 16.4 Å². The van der Waals surface area contributed by atoms with Crippen LogP contribution in [0.5, 0.6) is 0 Å². The molecule has 0 unspecified atom stereocenters. The minimum absolute atomic E-state index is 0.00808. The van der Waals surface area contributed by atoms with E-state index in [1.165, 1.54) is 36.5 Å². The summed E-state index contributed by atoms with van der Waals surface area (Å²) >= 11 is 5.95. The monoisotopic (exact) mass is 429 g/mol. The van der Waals surface area contributed by atoms with Crippen molar-refractivity contribution in [3.63, 3.8) is 0 Å². The Morgan fingerprint density at radius 3 is 2.72 bits per heavy atom. The fourth-order valence-corrected chi connectivity index (χ4v) is 4.84. The third kappa shape index (κ3) is 3.64. The number of amides is 2. The number of carbonyl (C=O) groups is 2. The van der Waals surface area contributed by atoms with E-state index in [9.17, 15) is 18.0 Å². The molecule has 2 amide bonds. The molecule has 1 aromatic heterocycles. The van der Waals surface area contributed by atoms with E-state index in [1.54, 1.807) is 6.07 Å². The largest absolute Gasteiger partial charge is 0.352 e. The van der Waals surface area contributed by atoms with Crippen LogP contribution in [0.3, 0.4) is 0 Å². The zero-order valence-corrected chi connectivity index (χ0v) is 16.6. The van der Waals surface area contributed by atoms with E-state index in [4.69, 9.17) is 11.6 Å². The van der Waals surface area contributed by atoms with E-state index in [1.807, 2.05) is 18.2 Å². The van der Waals surface area contributed by atoms with Crippen LogP contribution in [0.1, 0.15) is 26.4 Å². The molecule has 0 saturated heterocycles. The quantitative estimate of drug-likeness (QED) is 0.666. The van der Waals surface area contributed by atoms with Crippen LogP contribution < -0.4 is 10.6 Å². The molecular weight excluding hydrogens is 414 g/mol. The number of hydrogen-bond acceptors (Lipinski definition) is 4. The summed E-state index contributed by atoms with van der Waals surface area (Å²) in [6.07, 6.45) is 1.91.